The van der Waals surface area contributed by atoms with Crippen LogP contribution in [0, 0.1) is 5.92 Å². The van der Waals surface area contributed by atoms with Crippen molar-refractivity contribution in [1.82, 2.24) is 0 Å². The van der Waals surface area contributed by atoms with Crippen LogP contribution in [0.3, 0.4) is 0 Å². The number of esters is 1. The van der Waals surface area contributed by atoms with E-state index in [1.165, 1.54) is 12.8 Å². The summed E-state index contributed by atoms with van der Waals surface area (Å²) in [4.78, 5) is 11.6. The molecule has 0 spiro atoms. The average molecular weight is 254 g/mol. The topological polar surface area (TPSA) is 35.5 Å². The standard InChI is InChI=1S/C15H26O3/c1-5-8-9-14(7-3)11-13(4)15(16)18-12-17-10-6-2/h6,14H,2,4-5,7-12H2,1,3H3. The van der Waals surface area contributed by atoms with Gasteiger partial charge in [-0.15, -0.1) is 6.58 Å². The lowest BCUT2D eigenvalue weighted by Crippen LogP contribution is -2.13. The van der Waals surface area contributed by atoms with Gasteiger partial charge in [-0.2, -0.15) is 0 Å². The van der Waals surface area contributed by atoms with Gasteiger partial charge in [-0.05, 0) is 12.3 Å². The zero-order valence-corrected chi connectivity index (χ0v) is 11.7. The van der Waals surface area contributed by atoms with Crippen LogP contribution >= 0.6 is 0 Å². The first-order chi connectivity index (χ1) is 8.65. The molecule has 0 aromatic rings. The third-order valence-electron chi connectivity index (χ3n) is 2.88. The van der Waals surface area contributed by atoms with E-state index >= 15 is 0 Å². The maximum absolute atomic E-state index is 11.6. The van der Waals surface area contributed by atoms with Crippen molar-refractivity contribution in [2.75, 3.05) is 13.4 Å². The molecule has 0 fully saturated rings. The third-order valence-corrected chi connectivity index (χ3v) is 2.88. The van der Waals surface area contributed by atoms with Crippen LogP contribution in [0.2, 0.25) is 0 Å². The molecule has 18 heavy (non-hydrogen) atoms. The predicted molar refractivity (Wildman–Crippen MR) is 74.2 cm³/mol. The Bertz CT molecular complexity index is 258. The van der Waals surface area contributed by atoms with Gasteiger partial charge in [-0.1, -0.05) is 52.2 Å². The molecule has 3 heteroatoms. The molecule has 0 saturated heterocycles. The maximum atomic E-state index is 11.6. The van der Waals surface area contributed by atoms with Gasteiger partial charge in [0.1, 0.15) is 0 Å². The van der Waals surface area contributed by atoms with Crippen LogP contribution in [-0.2, 0) is 14.3 Å². The highest BCUT2D eigenvalue weighted by Gasteiger charge is 2.14. The number of carbonyl (C=O) groups is 1. The molecule has 1 atom stereocenters. The number of rotatable bonds is 11. The Morgan fingerprint density at radius 3 is 2.67 bits per heavy atom. The first kappa shape index (κ1) is 16.9. The number of hydrogen-bond acceptors (Lipinski definition) is 3. The summed E-state index contributed by atoms with van der Waals surface area (Å²) < 4.78 is 9.94. The van der Waals surface area contributed by atoms with Crippen molar-refractivity contribution in [2.24, 2.45) is 5.92 Å². The zero-order valence-electron chi connectivity index (χ0n) is 11.7. The van der Waals surface area contributed by atoms with Gasteiger partial charge in [-0.25, -0.2) is 4.79 Å². The molecule has 0 N–H and O–H groups in total. The highest BCUT2D eigenvalue weighted by atomic mass is 16.7. The quantitative estimate of drug-likeness (QED) is 0.185. The van der Waals surface area contributed by atoms with E-state index in [-0.39, 0.29) is 12.8 Å². The van der Waals surface area contributed by atoms with Crippen molar-refractivity contribution < 1.29 is 14.3 Å². The Hall–Kier alpha value is -1.09. The second kappa shape index (κ2) is 11.0. The summed E-state index contributed by atoms with van der Waals surface area (Å²) in [6.45, 7) is 12.0. The molecule has 3 nitrogen and oxygen atoms in total. The molecular weight excluding hydrogens is 228 g/mol. The summed E-state index contributed by atoms with van der Waals surface area (Å²) in [6, 6.07) is 0. The summed E-state index contributed by atoms with van der Waals surface area (Å²) in [6.07, 6.45) is 6.93. The van der Waals surface area contributed by atoms with E-state index in [2.05, 4.69) is 27.0 Å². The van der Waals surface area contributed by atoms with Crippen LogP contribution in [0.25, 0.3) is 0 Å². The van der Waals surface area contributed by atoms with E-state index in [1.54, 1.807) is 6.08 Å². The first-order valence-electron chi connectivity index (χ1n) is 6.69. The van der Waals surface area contributed by atoms with Crippen molar-refractivity contribution in [1.29, 1.82) is 0 Å². The van der Waals surface area contributed by atoms with Crippen molar-refractivity contribution in [3.8, 4) is 0 Å². The van der Waals surface area contributed by atoms with E-state index in [4.69, 9.17) is 9.47 Å². The Morgan fingerprint density at radius 1 is 1.39 bits per heavy atom. The van der Waals surface area contributed by atoms with Gasteiger partial charge in [0.05, 0.1) is 6.61 Å². The highest BCUT2D eigenvalue weighted by Crippen LogP contribution is 2.21. The first-order valence-corrected chi connectivity index (χ1v) is 6.69. The molecule has 0 aromatic heterocycles. The maximum Gasteiger partial charge on any atom is 0.335 e. The van der Waals surface area contributed by atoms with Gasteiger partial charge in [0.2, 0.25) is 0 Å². The molecule has 0 saturated carbocycles. The second-order valence-electron chi connectivity index (χ2n) is 4.43. The summed E-state index contributed by atoms with van der Waals surface area (Å²) in [5.41, 5.74) is 0.542. The summed E-state index contributed by atoms with van der Waals surface area (Å²) in [5, 5.41) is 0. The van der Waals surface area contributed by atoms with E-state index in [0.717, 1.165) is 19.3 Å². The smallest absolute Gasteiger partial charge is 0.335 e. The number of carbonyl (C=O) groups excluding carboxylic acids is 1. The molecule has 0 radical (unpaired) electrons. The Labute approximate surface area is 111 Å². The van der Waals surface area contributed by atoms with Crippen LogP contribution in [0.1, 0.15) is 46.0 Å². The van der Waals surface area contributed by atoms with Crippen molar-refractivity contribution >= 4 is 5.97 Å². The average Bonchev–Trinajstić information content (AvgIpc) is 2.38. The SMILES string of the molecule is C=CCOCOC(=O)C(=C)CC(CC)CCCC. The van der Waals surface area contributed by atoms with Crippen LogP contribution in [-0.4, -0.2) is 19.4 Å². The molecule has 0 amide bonds. The largest absolute Gasteiger partial charge is 0.435 e. The number of ether oxygens (including phenoxy) is 2. The van der Waals surface area contributed by atoms with Gasteiger partial charge in [0.15, 0.2) is 6.79 Å². The fraction of sp³-hybridized carbons (Fsp3) is 0.667. The number of unbranched alkanes of at least 4 members (excludes halogenated alkanes) is 1. The fourth-order valence-electron chi connectivity index (χ4n) is 1.70. The van der Waals surface area contributed by atoms with Gasteiger partial charge in [0.25, 0.3) is 0 Å². The second-order valence-corrected chi connectivity index (χ2v) is 4.43. The summed E-state index contributed by atoms with van der Waals surface area (Å²) >= 11 is 0. The van der Waals surface area contributed by atoms with Gasteiger partial charge in [0, 0.05) is 5.57 Å². The third kappa shape index (κ3) is 8.07. The lowest BCUT2D eigenvalue weighted by molar-refractivity contribution is -0.150. The molecule has 0 aliphatic heterocycles. The van der Waals surface area contributed by atoms with Crippen LogP contribution < -0.4 is 0 Å². The molecule has 0 heterocycles. The fourth-order valence-corrected chi connectivity index (χ4v) is 1.70. The lowest BCUT2D eigenvalue weighted by Gasteiger charge is -2.15. The van der Waals surface area contributed by atoms with E-state index in [9.17, 15) is 4.79 Å². The van der Waals surface area contributed by atoms with Crippen LogP contribution in [0.5, 0.6) is 0 Å². The lowest BCUT2D eigenvalue weighted by atomic mass is 9.92. The Morgan fingerprint density at radius 2 is 2.11 bits per heavy atom. The zero-order chi connectivity index (χ0) is 13.8. The summed E-state index contributed by atoms with van der Waals surface area (Å²) in [7, 11) is 0. The molecule has 1 unspecified atom stereocenters. The number of hydrogen-bond donors (Lipinski definition) is 0. The minimum absolute atomic E-state index is 0.0321. The Kier molecular flexibility index (Phi) is 10.4. The molecule has 0 aromatic carbocycles. The molecule has 0 bridgehead atoms. The van der Waals surface area contributed by atoms with Gasteiger partial charge in [-0.3, -0.25) is 0 Å². The normalized spacial score (nSPS) is 11.9. The monoisotopic (exact) mass is 254 g/mol. The van der Waals surface area contributed by atoms with E-state index < -0.39 is 0 Å². The van der Waals surface area contributed by atoms with Crippen molar-refractivity contribution in [2.45, 2.75) is 46.0 Å². The van der Waals surface area contributed by atoms with E-state index in [1.807, 2.05) is 0 Å². The molecule has 0 rings (SSSR count). The molecule has 0 aliphatic rings. The van der Waals surface area contributed by atoms with Crippen molar-refractivity contribution in [3.05, 3.63) is 24.8 Å². The Balaban J connectivity index is 3.89. The van der Waals surface area contributed by atoms with Crippen molar-refractivity contribution in [3.63, 3.8) is 0 Å². The minimum Gasteiger partial charge on any atom is -0.435 e. The van der Waals surface area contributed by atoms with Crippen LogP contribution in [0.4, 0.5) is 0 Å². The van der Waals surface area contributed by atoms with Crippen LogP contribution in [0.15, 0.2) is 24.8 Å². The molecule has 0 aliphatic carbocycles. The summed E-state index contributed by atoms with van der Waals surface area (Å²) in [5.74, 6) is 0.174. The molecular formula is C15H26O3. The van der Waals surface area contributed by atoms with Gasteiger partial charge >= 0.3 is 5.97 Å². The predicted octanol–water partition coefficient (Wildman–Crippen LogP) is 3.85. The minimum atomic E-state index is -0.353. The molecule has 104 valence electrons. The highest BCUT2D eigenvalue weighted by molar-refractivity contribution is 5.87. The van der Waals surface area contributed by atoms with Gasteiger partial charge < -0.3 is 9.47 Å². The van der Waals surface area contributed by atoms with E-state index in [0.29, 0.717) is 18.1 Å².